The standard InChI is InChI=1S/C17H18ClNO3/c1-21-15-7-8-16(22-2)12(10-15)6-9-17(20)19-14-5-3-4-13(18)11-14/h3-5,7-8,10-11H,6,9H2,1-2H3,(H,19,20). The Labute approximate surface area is 135 Å². The lowest BCUT2D eigenvalue weighted by Gasteiger charge is -2.10. The minimum absolute atomic E-state index is 0.0767. The summed E-state index contributed by atoms with van der Waals surface area (Å²) in [5.74, 6) is 1.41. The van der Waals surface area contributed by atoms with Crippen molar-refractivity contribution in [3.05, 3.63) is 53.1 Å². The maximum Gasteiger partial charge on any atom is 0.224 e. The second kappa shape index (κ2) is 7.71. The molecule has 0 fully saturated rings. The molecular formula is C17H18ClNO3. The molecule has 116 valence electrons. The fraction of sp³-hybridized carbons (Fsp3) is 0.235. The molecule has 0 aromatic heterocycles. The van der Waals surface area contributed by atoms with Gasteiger partial charge in [0.1, 0.15) is 11.5 Å². The van der Waals surface area contributed by atoms with Gasteiger partial charge >= 0.3 is 0 Å². The number of rotatable bonds is 6. The van der Waals surface area contributed by atoms with Gasteiger partial charge in [-0.15, -0.1) is 0 Å². The molecule has 2 rings (SSSR count). The number of carbonyl (C=O) groups is 1. The van der Waals surface area contributed by atoms with Crippen LogP contribution in [-0.2, 0) is 11.2 Å². The summed E-state index contributed by atoms with van der Waals surface area (Å²) in [7, 11) is 3.22. The van der Waals surface area contributed by atoms with Gasteiger partial charge in [0.15, 0.2) is 0 Å². The van der Waals surface area contributed by atoms with Crippen molar-refractivity contribution in [2.45, 2.75) is 12.8 Å². The Morgan fingerprint density at radius 2 is 1.95 bits per heavy atom. The SMILES string of the molecule is COc1ccc(OC)c(CCC(=O)Nc2cccc(Cl)c2)c1. The van der Waals surface area contributed by atoms with Gasteiger partial charge in [-0.05, 0) is 48.4 Å². The van der Waals surface area contributed by atoms with Crippen LogP contribution in [0, 0.1) is 0 Å². The molecule has 2 aromatic rings. The summed E-state index contributed by atoms with van der Waals surface area (Å²) in [4.78, 5) is 12.0. The van der Waals surface area contributed by atoms with E-state index in [-0.39, 0.29) is 5.91 Å². The Morgan fingerprint density at radius 3 is 2.64 bits per heavy atom. The second-order valence-corrected chi connectivity index (χ2v) is 5.17. The van der Waals surface area contributed by atoms with Crippen LogP contribution in [0.25, 0.3) is 0 Å². The van der Waals surface area contributed by atoms with Crippen LogP contribution >= 0.6 is 11.6 Å². The van der Waals surface area contributed by atoms with Crippen LogP contribution in [0.4, 0.5) is 5.69 Å². The van der Waals surface area contributed by atoms with Crippen molar-refractivity contribution in [3.8, 4) is 11.5 Å². The molecule has 22 heavy (non-hydrogen) atoms. The summed E-state index contributed by atoms with van der Waals surface area (Å²) in [6.07, 6.45) is 0.906. The van der Waals surface area contributed by atoms with E-state index in [4.69, 9.17) is 21.1 Å². The Hall–Kier alpha value is -2.20. The topological polar surface area (TPSA) is 47.6 Å². The summed E-state index contributed by atoms with van der Waals surface area (Å²) >= 11 is 5.89. The number of methoxy groups -OCH3 is 2. The van der Waals surface area contributed by atoms with Crippen LogP contribution in [0.3, 0.4) is 0 Å². The van der Waals surface area contributed by atoms with E-state index in [0.29, 0.717) is 23.6 Å². The number of carbonyl (C=O) groups excluding carboxylic acids is 1. The first-order valence-corrected chi connectivity index (χ1v) is 7.26. The van der Waals surface area contributed by atoms with Crippen molar-refractivity contribution in [2.24, 2.45) is 0 Å². The van der Waals surface area contributed by atoms with E-state index in [1.807, 2.05) is 18.2 Å². The van der Waals surface area contributed by atoms with Crippen LogP contribution in [0.15, 0.2) is 42.5 Å². The van der Waals surface area contributed by atoms with Gasteiger partial charge in [0, 0.05) is 17.1 Å². The van der Waals surface area contributed by atoms with Gasteiger partial charge in [-0.3, -0.25) is 4.79 Å². The highest BCUT2D eigenvalue weighted by Crippen LogP contribution is 2.25. The molecule has 0 aliphatic heterocycles. The predicted molar refractivity (Wildman–Crippen MR) is 87.9 cm³/mol. The largest absolute Gasteiger partial charge is 0.497 e. The van der Waals surface area contributed by atoms with Gasteiger partial charge in [0.2, 0.25) is 5.91 Å². The van der Waals surface area contributed by atoms with Crippen LogP contribution in [-0.4, -0.2) is 20.1 Å². The lowest BCUT2D eigenvalue weighted by molar-refractivity contribution is -0.116. The molecule has 0 heterocycles. The van der Waals surface area contributed by atoms with E-state index < -0.39 is 0 Å². The maximum absolute atomic E-state index is 12.0. The number of hydrogen-bond acceptors (Lipinski definition) is 3. The van der Waals surface area contributed by atoms with Crippen LogP contribution in [0.5, 0.6) is 11.5 Å². The quantitative estimate of drug-likeness (QED) is 0.877. The summed E-state index contributed by atoms with van der Waals surface area (Å²) in [6, 6.07) is 12.6. The molecule has 0 unspecified atom stereocenters. The summed E-state index contributed by atoms with van der Waals surface area (Å²) < 4.78 is 10.5. The summed E-state index contributed by atoms with van der Waals surface area (Å²) in [5.41, 5.74) is 1.62. The first-order valence-electron chi connectivity index (χ1n) is 6.88. The fourth-order valence-corrected chi connectivity index (χ4v) is 2.31. The Balaban J connectivity index is 1.98. The van der Waals surface area contributed by atoms with Crippen LogP contribution < -0.4 is 14.8 Å². The van der Waals surface area contributed by atoms with Gasteiger partial charge in [-0.25, -0.2) is 0 Å². The molecule has 0 saturated carbocycles. The molecule has 0 spiro atoms. The fourth-order valence-electron chi connectivity index (χ4n) is 2.12. The van der Waals surface area contributed by atoms with Crippen molar-refractivity contribution in [1.82, 2.24) is 0 Å². The highest BCUT2D eigenvalue weighted by Gasteiger charge is 2.09. The number of nitrogens with one attached hydrogen (secondary N) is 1. The van der Waals surface area contributed by atoms with E-state index in [1.165, 1.54) is 0 Å². The van der Waals surface area contributed by atoms with Gasteiger partial charge in [0.25, 0.3) is 0 Å². The molecular weight excluding hydrogens is 302 g/mol. The van der Waals surface area contributed by atoms with Gasteiger partial charge in [-0.1, -0.05) is 17.7 Å². The Bertz CT molecular complexity index is 658. The van der Waals surface area contributed by atoms with E-state index in [0.717, 1.165) is 17.1 Å². The first kappa shape index (κ1) is 16.2. The zero-order chi connectivity index (χ0) is 15.9. The second-order valence-electron chi connectivity index (χ2n) is 4.74. The zero-order valence-corrected chi connectivity index (χ0v) is 13.3. The smallest absolute Gasteiger partial charge is 0.224 e. The van der Waals surface area contributed by atoms with Crippen LogP contribution in [0.1, 0.15) is 12.0 Å². The highest BCUT2D eigenvalue weighted by molar-refractivity contribution is 6.30. The lowest BCUT2D eigenvalue weighted by Crippen LogP contribution is -2.12. The number of aryl methyl sites for hydroxylation is 1. The first-order chi connectivity index (χ1) is 10.6. The minimum atomic E-state index is -0.0767. The third-order valence-electron chi connectivity index (χ3n) is 3.22. The van der Waals surface area contributed by atoms with Crippen molar-refractivity contribution in [1.29, 1.82) is 0 Å². The molecule has 0 aliphatic carbocycles. The van der Waals surface area contributed by atoms with E-state index >= 15 is 0 Å². The van der Waals surface area contributed by atoms with Gasteiger partial charge < -0.3 is 14.8 Å². The minimum Gasteiger partial charge on any atom is -0.497 e. The Kier molecular flexibility index (Phi) is 5.67. The Morgan fingerprint density at radius 1 is 1.14 bits per heavy atom. The zero-order valence-electron chi connectivity index (χ0n) is 12.6. The number of ether oxygens (including phenoxy) is 2. The molecule has 1 amide bonds. The number of amides is 1. The number of halogens is 1. The molecule has 0 aliphatic rings. The van der Waals surface area contributed by atoms with Crippen molar-refractivity contribution >= 4 is 23.2 Å². The van der Waals surface area contributed by atoms with Crippen LogP contribution in [0.2, 0.25) is 5.02 Å². The van der Waals surface area contributed by atoms with Crippen molar-refractivity contribution < 1.29 is 14.3 Å². The molecule has 0 radical (unpaired) electrons. The lowest BCUT2D eigenvalue weighted by atomic mass is 10.1. The predicted octanol–water partition coefficient (Wildman–Crippen LogP) is 3.93. The molecule has 0 bridgehead atoms. The van der Waals surface area contributed by atoms with Crippen molar-refractivity contribution in [3.63, 3.8) is 0 Å². The van der Waals surface area contributed by atoms with E-state index in [1.54, 1.807) is 38.5 Å². The van der Waals surface area contributed by atoms with Gasteiger partial charge in [-0.2, -0.15) is 0 Å². The number of hydrogen-bond donors (Lipinski definition) is 1. The monoisotopic (exact) mass is 319 g/mol. The summed E-state index contributed by atoms with van der Waals surface area (Å²) in [6.45, 7) is 0. The maximum atomic E-state index is 12.0. The normalized spacial score (nSPS) is 10.1. The van der Waals surface area contributed by atoms with E-state index in [9.17, 15) is 4.79 Å². The third kappa shape index (κ3) is 4.40. The third-order valence-corrected chi connectivity index (χ3v) is 3.45. The number of anilines is 1. The van der Waals surface area contributed by atoms with Crippen molar-refractivity contribution in [2.75, 3.05) is 19.5 Å². The molecule has 0 saturated heterocycles. The molecule has 0 atom stereocenters. The molecule has 1 N–H and O–H groups in total. The average molecular weight is 320 g/mol. The average Bonchev–Trinajstić information content (AvgIpc) is 2.52. The molecule has 2 aromatic carbocycles. The molecule has 5 heteroatoms. The number of benzene rings is 2. The van der Waals surface area contributed by atoms with E-state index in [2.05, 4.69) is 5.32 Å². The summed E-state index contributed by atoms with van der Waals surface area (Å²) in [5, 5.41) is 3.41. The van der Waals surface area contributed by atoms with Gasteiger partial charge in [0.05, 0.1) is 14.2 Å². The highest BCUT2D eigenvalue weighted by atomic mass is 35.5. The molecule has 4 nitrogen and oxygen atoms in total.